The molecule has 17 heteroatoms. The molecule has 3 heterocycles. The molecule has 0 fully saturated rings. The number of fused-ring (bicyclic) bond motifs is 1. The standard InChI is InChI=1S/C16H10F5N3O2.C4H7N3O2S2/c1-7-4-8(2-3-10(7)16(19,20)21)11-5-12(13(17)18)24-14(23-11)9(6-22-24)15(25)26;1-2-3(11(6,8)9)10-4(5)7-2/h2-6,13H,1H3,(H,25,26);1H3,(H2,5,7)(H2,6,8,9). The second kappa shape index (κ2) is 9.98. The quantitative estimate of drug-likeness (QED) is 0.312. The number of halogens is 5. The van der Waals surface area contributed by atoms with Gasteiger partial charge in [0.15, 0.2) is 15.0 Å². The summed E-state index contributed by atoms with van der Waals surface area (Å²) in [4.78, 5) is 18.9. The fraction of sp³-hybridized carbons (Fsp3) is 0.200. The van der Waals surface area contributed by atoms with Gasteiger partial charge in [0.1, 0.15) is 11.3 Å². The molecule has 0 saturated heterocycles. The van der Waals surface area contributed by atoms with Gasteiger partial charge in [0, 0.05) is 5.56 Å². The van der Waals surface area contributed by atoms with E-state index in [1.54, 1.807) is 6.92 Å². The highest BCUT2D eigenvalue weighted by atomic mass is 32.2. The van der Waals surface area contributed by atoms with E-state index in [9.17, 15) is 35.2 Å². The Kier molecular flexibility index (Phi) is 7.52. The summed E-state index contributed by atoms with van der Waals surface area (Å²) in [5.74, 6) is -1.41. The highest BCUT2D eigenvalue weighted by Gasteiger charge is 2.32. The highest BCUT2D eigenvalue weighted by Crippen LogP contribution is 2.34. The van der Waals surface area contributed by atoms with Gasteiger partial charge in [0.05, 0.1) is 23.1 Å². The molecule has 0 radical (unpaired) electrons. The van der Waals surface area contributed by atoms with Crippen molar-refractivity contribution in [2.75, 3.05) is 5.73 Å². The normalized spacial score (nSPS) is 12.0. The Balaban J connectivity index is 0.000000289. The number of aryl methyl sites for hydroxylation is 2. The molecule has 5 N–H and O–H groups in total. The van der Waals surface area contributed by atoms with Crippen molar-refractivity contribution in [2.45, 2.75) is 30.7 Å². The fourth-order valence-corrected chi connectivity index (χ4v) is 4.99. The van der Waals surface area contributed by atoms with E-state index in [-0.39, 0.29) is 31.8 Å². The molecule has 3 aromatic heterocycles. The molecule has 37 heavy (non-hydrogen) atoms. The molecule has 10 nitrogen and oxygen atoms in total. The van der Waals surface area contributed by atoms with Gasteiger partial charge in [-0.2, -0.15) is 18.3 Å². The first-order valence-corrected chi connectivity index (χ1v) is 12.2. The third-order valence-corrected chi connectivity index (χ3v) is 7.35. The first-order chi connectivity index (χ1) is 17.0. The Labute approximate surface area is 209 Å². The summed E-state index contributed by atoms with van der Waals surface area (Å²) in [6, 6.07) is 4.06. The highest BCUT2D eigenvalue weighted by molar-refractivity contribution is 7.91. The largest absolute Gasteiger partial charge is 0.477 e. The molecule has 0 aliphatic heterocycles. The number of thiazole rings is 1. The number of alkyl halides is 5. The number of carbonyl (C=O) groups is 1. The lowest BCUT2D eigenvalue weighted by Gasteiger charge is -2.12. The number of rotatable bonds is 4. The number of carboxylic acid groups (broad SMARTS) is 1. The van der Waals surface area contributed by atoms with Gasteiger partial charge in [-0.25, -0.2) is 41.6 Å². The van der Waals surface area contributed by atoms with Crippen LogP contribution in [-0.4, -0.2) is 39.1 Å². The molecule has 0 aliphatic rings. The number of nitrogen functional groups attached to an aromatic ring is 1. The summed E-state index contributed by atoms with van der Waals surface area (Å²) in [6.45, 7) is 2.78. The van der Waals surface area contributed by atoms with Gasteiger partial charge in [-0.05, 0) is 37.6 Å². The average molecular weight is 565 g/mol. The number of nitrogens with zero attached hydrogens (tertiary/aromatic N) is 4. The van der Waals surface area contributed by atoms with Crippen LogP contribution >= 0.6 is 11.3 Å². The predicted molar refractivity (Wildman–Crippen MR) is 123 cm³/mol. The number of sulfonamides is 1. The summed E-state index contributed by atoms with van der Waals surface area (Å²) in [6.07, 6.45) is -6.65. The van der Waals surface area contributed by atoms with Crippen molar-refractivity contribution in [3.8, 4) is 11.3 Å². The Morgan fingerprint density at radius 2 is 1.81 bits per heavy atom. The number of carboxylic acids is 1. The Morgan fingerprint density at radius 3 is 2.24 bits per heavy atom. The van der Waals surface area contributed by atoms with Crippen LogP contribution in [0.15, 0.2) is 34.7 Å². The van der Waals surface area contributed by atoms with E-state index < -0.39 is 45.4 Å². The van der Waals surface area contributed by atoms with Crippen LogP contribution in [0.1, 0.15) is 39.3 Å². The van der Waals surface area contributed by atoms with Crippen LogP contribution in [0.3, 0.4) is 0 Å². The minimum Gasteiger partial charge on any atom is -0.477 e. The molecule has 4 aromatic rings. The van der Waals surface area contributed by atoms with Crippen molar-refractivity contribution >= 4 is 38.1 Å². The van der Waals surface area contributed by atoms with E-state index in [0.717, 1.165) is 41.8 Å². The second-order valence-corrected chi connectivity index (χ2v) is 10.3. The molecule has 0 amide bonds. The number of aromatic nitrogens is 4. The Morgan fingerprint density at radius 1 is 1.16 bits per heavy atom. The van der Waals surface area contributed by atoms with E-state index in [1.165, 1.54) is 6.92 Å². The second-order valence-electron chi connectivity index (χ2n) is 7.46. The number of hydrogen-bond acceptors (Lipinski definition) is 8. The van der Waals surface area contributed by atoms with E-state index in [0.29, 0.717) is 10.2 Å². The van der Waals surface area contributed by atoms with Gasteiger partial charge >= 0.3 is 12.1 Å². The number of primary sulfonamides is 1. The van der Waals surface area contributed by atoms with Gasteiger partial charge in [-0.15, -0.1) is 0 Å². The van der Waals surface area contributed by atoms with Gasteiger partial charge < -0.3 is 10.8 Å². The van der Waals surface area contributed by atoms with Crippen molar-refractivity contribution in [3.63, 3.8) is 0 Å². The van der Waals surface area contributed by atoms with Crippen molar-refractivity contribution in [1.29, 1.82) is 0 Å². The molecule has 0 saturated carbocycles. The molecule has 4 rings (SSSR count). The Hall–Kier alpha value is -3.70. The molecule has 0 spiro atoms. The number of benzene rings is 1. The summed E-state index contributed by atoms with van der Waals surface area (Å²) < 4.78 is 87.5. The zero-order valence-electron chi connectivity index (χ0n) is 18.8. The Bertz CT molecular complexity index is 1600. The smallest absolute Gasteiger partial charge is 0.416 e. The number of hydrogen-bond donors (Lipinski definition) is 3. The summed E-state index contributed by atoms with van der Waals surface area (Å²) >= 11 is 0.875. The van der Waals surface area contributed by atoms with Crippen LogP contribution in [0.5, 0.6) is 0 Å². The van der Waals surface area contributed by atoms with Gasteiger partial charge in [0.25, 0.3) is 6.43 Å². The lowest BCUT2D eigenvalue weighted by Crippen LogP contribution is -2.11. The third kappa shape index (κ3) is 6.00. The maximum Gasteiger partial charge on any atom is 0.416 e. The number of anilines is 1. The maximum absolute atomic E-state index is 13.3. The molecule has 1 aromatic carbocycles. The van der Waals surface area contributed by atoms with Gasteiger partial charge in [-0.1, -0.05) is 17.4 Å². The van der Waals surface area contributed by atoms with Gasteiger partial charge in [0.2, 0.25) is 10.0 Å². The van der Waals surface area contributed by atoms with Crippen molar-refractivity contribution < 1.29 is 40.3 Å². The number of nitrogens with two attached hydrogens (primary N) is 2. The maximum atomic E-state index is 13.3. The molecular weight excluding hydrogens is 547 g/mol. The lowest BCUT2D eigenvalue weighted by molar-refractivity contribution is -0.138. The predicted octanol–water partition coefficient (Wildman–Crippen LogP) is 4.04. The zero-order valence-corrected chi connectivity index (χ0v) is 20.4. The molecular formula is C20H17F5N6O4S2. The lowest BCUT2D eigenvalue weighted by atomic mass is 10.0. The molecule has 0 atom stereocenters. The summed E-state index contributed by atoms with van der Waals surface area (Å²) in [5.41, 5.74) is 3.41. The van der Waals surface area contributed by atoms with E-state index in [4.69, 9.17) is 16.0 Å². The van der Waals surface area contributed by atoms with Crippen molar-refractivity contribution in [2.24, 2.45) is 5.14 Å². The van der Waals surface area contributed by atoms with E-state index in [2.05, 4.69) is 15.1 Å². The van der Waals surface area contributed by atoms with E-state index >= 15 is 0 Å². The first kappa shape index (κ1) is 27.9. The SMILES string of the molecule is Cc1cc(-c2cc(C(F)F)n3ncc(C(=O)O)c3n2)ccc1C(F)(F)F.Cc1nc(N)sc1S(N)(=O)=O. The zero-order chi connectivity index (χ0) is 27.9. The third-order valence-electron chi connectivity index (χ3n) is 4.81. The van der Waals surface area contributed by atoms with Crippen molar-refractivity contribution in [1.82, 2.24) is 19.6 Å². The van der Waals surface area contributed by atoms with Crippen LogP contribution in [-0.2, 0) is 16.2 Å². The first-order valence-electron chi connectivity index (χ1n) is 9.84. The molecule has 0 unspecified atom stereocenters. The topological polar surface area (TPSA) is 167 Å². The minimum atomic E-state index is -4.55. The average Bonchev–Trinajstić information content (AvgIpc) is 3.34. The monoisotopic (exact) mass is 564 g/mol. The minimum absolute atomic E-state index is 0.0370. The van der Waals surface area contributed by atoms with Crippen LogP contribution in [0.4, 0.5) is 27.1 Å². The molecule has 198 valence electrons. The van der Waals surface area contributed by atoms with Crippen LogP contribution in [0.2, 0.25) is 0 Å². The van der Waals surface area contributed by atoms with E-state index in [1.807, 2.05) is 0 Å². The number of aromatic carboxylic acids is 1. The fourth-order valence-electron chi connectivity index (χ4n) is 3.25. The summed E-state index contributed by atoms with van der Waals surface area (Å²) in [5, 5.41) is 17.8. The van der Waals surface area contributed by atoms with Crippen molar-refractivity contribution in [3.05, 3.63) is 58.5 Å². The molecule has 0 aliphatic carbocycles. The van der Waals surface area contributed by atoms with Crippen LogP contribution in [0, 0.1) is 13.8 Å². The van der Waals surface area contributed by atoms with Gasteiger partial charge in [-0.3, -0.25) is 0 Å². The summed E-state index contributed by atoms with van der Waals surface area (Å²) in [7, 11) is -3.64. The van der Waals surface area contributed by atoms with Crippen LogP contribution in [0.25, 0.3) is 16.9 Å². The van der Waals surface area contributed by atoms with Crippen LogP contribution < -0.4 is 10.9 Å². The molecule has 0 bridgehead atoms.